The Hall–Kier alpha value is -2.57. The minimum Gasteiger partial charge on any atom is -0.491 e. The lowest BCUT2D eigenvalue weighted by Crippen LogP contribution is -2.40. The zero-order chi connectivity index (χ0) is 19.9. The second kappa shape index (κ2) is 9.39. The number of hydrogen-bond acceptors (Lipinski definition) is 5. The summed E-state index contributed by atoms with van der Waals surface area (Å²) in [6.07, 6.45) is 0. The van der Waals surface area contributed by atoms with Crippen molar-refractivity contribution in [1.82, 2.24) is 20.4 Å². The molecule has 148 valence electrons. The number of likely N-dealkylation sites (N-methyl/N-ethyl adjacent to an activating group) is 1. The number of rotatable bonds is 7. The molecule has 7 heteroatoms. The molecule has 0 amide bonds. The number of para-hydroxylation sites is 1. The summed E-state index contributed by atoms with van der Waals surface area (Å²) in [7, 11) is 1.99. The molecule has 0 aliphatic carbocycles. The van der Waals surface area contributed by atoms with Gasteiger partial charge in [-0.3, -0.25) is 0 Å². The van der Waals surface area contributed by atoms with Crippen molar-refractivity contribution in [3.8, 4) is 5.75 Å². The van der Waals surface area contributed by atoms with Crippen molar-refractivity contribution in [3.63, 3.8) is 0 Å². The van der Waals surface area contributed by atoms with Crippen molar-refractivity contribution in [1.29, 1.82) is 0 Å². The molecule has 1 aromatic heterocycles. The van der Waals surface area contributed by atoms with Crippen LogP contribution < -0.4 is 10.1 Å². The van der Waals surface area contributed by atoms with Gasteiger partial charge < -0.3 is 19.5 Å². The van der Waals surface area contributed by atoms with Gasteiger partial charge in [-0.1, -0.05) is 44.1 Å². The van der Waals surface area contributed by atoms with Gasteiger partial charge in [0.05, 0.1) is 6.54 Å². The minimum absolute atomic E-state index is 0.164. The van der Waals surface area contributed by atoms with Gasteiger partial charge >= 0.3 is 0 Å². The molecule has 0 bridgehead atoms. The van der Waals surface area contributed by atoms with Crippen molar-refractivity contribution < 1.29 is 9.26 Å². The predicted molar refractivity (Wildman–Crippen MR) is 107 cm³/mol. The van der Waals surface area contributed by atoms with Crippen LogP contribution in [-0.2, 0) is 12.0 Å². The Balaban J connectivity index is 1.93. The van der Waals surface area contributed by atoms with Crippen LogP contribution in [0.1, 0.15) is 45.0 Å². The van der Waals surface area contributed by atoms with Crippen LogP contribution >= 0.6 is 0 Å². The molecule has 0 saturated carbocycles. The fourth-order valence-corrected chi connectivity index (χ4v) is 2.35. The SMILES string of the molecule is CCNC(=NCc1noc(C(C)(C)C)n1)N(C)CCOc1ccccc1C. The largest absolute Gasteiger partial charge is 0.491 e. The number of nitrogens with zero attached hydrogens (tertiary/aromatic N) is 4. The van der Waals surface area contributed by atoms with Crippen LogP contribution in [0.3, 0.4) is 0 Å². The van der Waals surface area contributed by atoms with E-state index in [9.17, 15) is 0 Å². The zero-order valence-corrected chi connectivity index (χ0v) is 17.2. The summed E-state index contributed by atoms with van der Waals surface area (Å²) >= 11 is 0. The maximum Gasteiger partial charge on any atom is 0.232 e. The summed E-state index contributed by atoms with van der Waals surface area (Å²) in [6.45, 7) is 12.6. The maximum absolute atomic E-state index is 5.88. The molecule has 0 radical (unpaired) electrons. The van der Waals surface area contributed by atoms with Crippen LogP contribution in [0.2, 0.25) is 0 Å². The fourth-order valence-electron chi connectivity index (χ4n) is 2.35. The quantitative estimate of drug-likeness (QED) is 0.593. The third-order valence-electron chi connectivity index (χ3n) is 3.95. The first kappa shape index (κ1) is 20.7. The molecule has 0 spiro atoms. The third kappa shape index (κ3) is 6.27. The van der Waals surface area contributed by atoms with Gasteiger partial charge in [0, 0.05) is 19.0 Å². The second-order valence-electron chi connectivity index (χ2n) is 7.47. The Kier molecular flexibility index (Phi) is 7.21. The summed E-state index contributed by atoms with van der Waals surface area (Å²) < 4.78 is 11.2. The minimum atomic E-state index is -0.164. The Morgan fingerprint density at radius 3 is 2.67 bits per heavy atom. The highest BCUT2D eigenvalue weighted by atomic mass is 16.5. The number of benzene rings is 1. The van der Waals surface area contributed by atoms with E-state index in [1.165, 1.54) is 0 Å². The Morgan fingerprint density at radius 1 is 1.30 bits per heavy atom. The van der Waals surface area contributed by atoms with E-state index in [0.29, 0.717) is 31.4 Å². The molecule has 0 fully saturated rings. The van der Waals surface area contributed by atoms with Gasteiger partial charge in [0.2, 0.25) is 5.89 Å². The molecule has 2 aromatic rings. The average molecular weight is 374 g/mol. The van der Waals surface area contributed by atoms with Crippen molar-refractivity contribution in [2.45, 2.75) is 46.6 Å². The van der Waals surface area contributed by atoms with Crippen LogP contribution in [0.5, 0.6) is 5.75 Å². The summed E-state index contributed by atoms with van der Waals surface area (Å²) in [4.78, 5) is 11.1. The fraction of sp³-hybridized carbons (Fsp3) is 0.550. The van der Waals surface area contributed by atoms with Gasteiger partial charge in [0.1, 0.15) is 18.9 Å². The molecule has 7 nitrogen and oxygen atoms in total. The van der Waals surface area contributed by atoms with E-state index in [1.807, 2.05) is 70.8 Å². The van der Waals surface area contributed by atoms with E-state index in [1.54, 1.807) is 0 Å². The zero-order valence-electron chi connectivity index (χ0n) is 17.2. The van der Waals surface area contributed by atoms with E-state index < -0.39 is 0 Å². The smallest absolute Gasteiger partial charge is 0.232 e. The number of guanidine groups is 1. The molecule has 2 rings (SSSR count). The molecular weight excluding hydrogens is 342 g/mol. The lowest BCUT2D eigenvalue weighted by molar-refractivity contribution is 0.280. The first-order chi connectivity index (χ1) is 12.8. The van der Waals surface area contributed by atoms with Crippen molar-refractivity contribution >= 4 is 5.96 Å². The maximum atomic E-state index is 5.88. The molecule has 1 N–H and O–H groups in total. The number of nitrogens with one attached hydrogen (secondary N) is 1. The second-order valence-corrected chi connectivity index (χ2v) is 7.47. The number of aryl methyl sites for hydroxylation is 1. The van der Waals surface area contributed by atoms with Gasteiger partial charge in [0.15, 0.2) is 11.8 Å². The highest BCUT2D eigenvalue weighted by molar-refractivity contribution is 5.79. The molecule has 1 heterocycles. The van der Waals surface area contributed by atoms with Crippen LogP contribution in [0, 0.1) is 6.92 Å². The van der Waals surface area contributed by atoms with E-state index in [-0.39, 0.29) is 5.41 Å². The van der Waals surface area contributed by atoms with Gasteiger partial charge in [0.25, 0.3) is 0 Å². The van der Waals surface area contributed by atoms with E-state index >= 15 is 0 Å². The molecule has 27 heavy (non-hydrogen) atoms. The number of aliphatic imine (C=N–C) groups is 1. The van der Waals surface area contributed by atoms with Gasteiger partial charge in [-0.25, -0.2) is 4.99 Å². The highest BCUT2D eigenvalue weighted by Gasteiger charge is 2.21. The number of aromatic nitrogens is 2. The average Bonchev–Trinajstić information content (AvgIpc) is 3.09. The first-order valence-corrected chi connectivity index (χ1v) is 9.32. The first-order valence-electron chi connectivity index (χ1n) is 9.32. The number of hydrogen-bond donors (Lipinski definition) is 1. The summed E-state index contributed by atoms with van der Waals surface area (Å²) in [5.74, 6) is 2.90. The Labute approximate surface area is 161 Å². The van der Waals surface area contributed by atoms with Crippen molar-refractivity contribution in [3.05, 3.63) is 41.5 Å². The molecule has 1 aromatic carbocycles. The highest BCUT2D eigenvalue weighted by Crippen LogP contribution is 2.19. The monoisotopic (exact) mass is 373 g/mol. The molecule has 0 saturated heterocycles. The standard InChI is InChI=1S/C20H31N5O2/c1-7-21-19(22-14-17-23-18(27-24-17)20(3,4)5)25(6)12-13-26-16-11-9-8-10-15(16)2/h8-11H,7,12-14H2,1-6H3,(H,21,22). The molecule has 0 aliphatic heterocycles. The van der Waals surface area contributed by atoms with E-state index in [2.05, 4.69) is 20.4 Å². The van der Waals surface area contributed by atoms with Gasteiger partial charge in [-0.05, 0) is 25.5 Å². The van der Waals surface area contributed by atoms with Crippen LogP contribution in [0.25, 0.3) is 0 Å². The predicted octanol–water partition coefficient (Wildman–Crippen LogP) is 3.15. The Morgan fingerprint density at radius 2 is 2.04 bits per heavy atom. The van der Waals surface area contributed by atoms with Crippen LogP contribution in [0.15, 0.2) is 33.8 Å². The van der Waals surface area contributed by atoms with Crippen molar-refractivity contribution in [2.24, 2.45) is 4.99 Å². The van der Waals surface area contributed by atoms with Gasteiger partial charge in [-0.15, -0.1) is 0 Å². The lowest BCUT2D eigenvalue weighted by atomic mass is 9.97. The Bertz CT molecular complexity index is 749. The normalized spacial score (nSPS) is 12.1. The molecular formula is C20H31N5O2. The van der Waals surface area contributed by atoms with E-state index in [0.717, 1.165) is 23.8 Å². The van der Waals surface area contributed by atoms with Crippen LogP contribution in [-0.4, -0.2) is 47.7 Å². The molecule has 0 aliphatic rings. The van der Waals surface area contributed by atoms with Crippen molar-refractivity contribution in [2.75, 3.05) is 26.7 Å². The molecule has 0 unspecified atom stereocenters. The van der Waals surface area contributed by atoms with E-state index in [4.69, 9.17) is 9.26 Å². The summed E-state index contributed by atoms with van der Waals surface area (Å²) in [6, 6.07) is 8.01. The van der Waals surface area contributed by atoms with Gasteiger partial charge in [-0.2, -0.15) is 4.98 Å². The topological polar surface area (TPSA) is 75.8 Å². The molecule has 0 atom stereocenters. The number of ether oxygens (including phenoxy) is 1. The van der Waals surface area contributed by atoms with Crippen LogP contribution in [0.4, 0.5) is 0 Å². The third-order valence-corrected chi connectivity index (χ3v) is 3.95. The lowest BCUT2D eigenvalue weighted by Gasteiger charge is -2.22. The summed E-state index contributed by atoms with van der Waals surface area (Å²) in [5.41, 5.74) is 0.968. The summed E-state index contributed by atoms with van der Waals surface area (Å²) in [5, 5.41) is 7.31.